The molecule has 0 fully saturated rings. The third-order valence-corrected chi connectivity index (χ3v) is 5.08. The number of hydroxylamine groups is 1. The molecule has 30 heavy (non-hydrogen) atoms. The predicted molar refractivity (Wildman–Crippen MR) is 123 cm³/mol. The normalized spacial score (nSPS) is 12.6. The molecule has 164 valence electrons. The fraction of sp³-hybridized carbons (Fsp3) is 0.500. The van der Waals surface area contributed by atoms with E-state index in [2.05, 4.69) is 62.6 Å². The van der Waals surface area contributed by atoms with Gasteiger partial charge in [-0.2, -0.15) is 0 Å². The van der Waals surface area contributed by atoms with Crippen LogP contribution in [0, 0.1) is 5.41 Å². The number of fused-ring (bicyclic) bond motifs is 1. The molecule has 0 spiro atoms. The van der Waals surface area contributed by atoms with Gasteiger partial charge in [-0.3, -0.25) is 10.0 Å². The van der Waals surface area contributed by atoms with Crippen molar-refractivity contribution in [1.82, 2.24) is 19.9 Å². The molecule has 0 saturated carbocycles. The third kappa shape index (κ3) is 7.11. The van der Waals surface area contributed by atoms with Gasteiger partial charge in [-0.05, 0) is 62.5 Å². The lowest BCUT2D eigenvalue weighted by Crippen LogP contribution is -2.29. The summed E-state index contributed by atoms with van der Waals surface area (Å²) in [6.45, 7) is 8.72. The summed E-state index contributed by atoms with van der Waals surface area (Å²) in [6.07, 6.45) is 11.4. The number of aryl methyl sites for hydroxylation is 2. The first-order chi connectivity index (χ1) is 14.3. The molecule has 0 unspecified atom stereocenters. The Morgan fingerprint density at radius 3 is 2.73 bits per heavy atom. The van der Waals surface area contributed by atoms with Gasteiger partial charge in [-0.25, -0.2) is 10.5 Å². The van der Waals surface area contributed by atoms with Crippen LogP contribution >= 0.6 is 0 Å². The van der Waals surface area contributed by atoms with E-state index in [1.54, 1.807) is 11.6 Å². The number of amides is 1. The second-order valence-corrected chi connectivity index (χ2v) is 8.81. The summed E-state index contributed by atoms with van der Waals surface area (Å²) >= 11 is 0. The van der Waals surface area contributed by atoms with Crippen LogP contribution < -0.4 is 5.48 Å². The highest BCUT2D eigenvalue weighted by atomic mass is 16.5. The second kappa shape index (κ2) is 11.1. The summed E-state index contributed by atoms with van der Waals surface area (Å²) in [5.74, 6) is 0.549. The number of nitrogens with one attached hydrogen (secondary N) is 1. The van der Waals surface area contributed by atoms with Crippen molar-refractivity contribution < 1.29 is 10.0 Å². The first-order valence-electron chi connectivity index (χ1n) is 10.7. The molecule has 0 atom stereocenters. The van der Waals surface area contributed by atoms with E-state index in [0.717, 1.165) is 61.2 Å². The van der Waals surface area contributed by atoms with Gasteiger partial charge in [0.1, 0.15) is 5.82 Å². The van der Waals surface area contributed by atoms with Crippen LogP contribution in [0.5, 0.6) is 0 Å². The van der Waals surface area contributed by atoms with Gasteiger partial charge in [-0.1, -0.05) is 39.0 Å². The maximum absolute atomic E-state index is 11.3. The number of allylic oxidation sites excluding steroid dienone is 2. The van der Waals surface area contributed by atoms with E-state index in [1.807, 2.05) is 12.1 Å². The first kappa shape index (κ1) is 23.8. The number of benzene rings is 1. The predicted octanol–water partition coefficient (Wildman–Crippen LogP) is 4.43. The Morgan fingerprint density at radius 2 is 2.07 bits per heavy atom. The fourth-order valence-corrected chi connectivity index (χ4v) is 3.80. The van der Waals surface area contributed by atoms with Gasteiger partial charge in [-0.15, -0.1) is 0 Å². The molecular formula is C24H36N4O2. The number of imidazole rings is 1. The van der Waals surface area contributed by atoms with Gasteiger partial charge >= 0.3 is 0 Å². The molecule has 0 radical (unpaired) electrons. The lowest BCUT2D eigenvalue weighted by atomic mass is 9.89. The Balaban J connectivity index is 2.31. The summed E-state index contributed by atoms with van der Waals surface area (Å²) in [5.41, 5.74) is 4.74. The van der Waals surface area contributed by atoms with Crippen LogP contribution in [0.25, 0.3) is 17.1 Å². The zero-order chi connectivity index (χ0) is 22.1. The number of carbonyl (C=O) groups excluding carboxylic acids is 1. The Kier molecular flexibility index (Phi) is 8.81. The number of rotatable bonds is 11. The zero-order valence-electron chi connectivity index (χ0n) is 19.0. The minimum atomic E-state index is -0.549. The van der Waals surface area contributed by atoms with E-state index in [9.17, 15) is 4.79 Å². The Bertz CT molecular complexity index is 894. The number of nitrogens with zero attached hydrogens (tertiary/aromatic N) is 3. The van der Waals surface area contributed by atoms with Crippen LogP contribution in [-0.4, -0.2) is 46.2 Å². The molecule has 2 N–H and O–H groups in total. The van der Waals surface area contributed by atoms with E-state index in [4.69, 9.17) is 10.2 Å². The molecule has 0 aliphatic rings. The monoisotopic (exact) mass is 412 g/mol. The minimum Gasteiger partial charge on any atom is -0.328 e. The molecule has 0 aliphatic heterocycles. The van der Waals surface area contributed by atoms with Crippen molar-refractivity contribution in [2.75, 3.05) is 20.6 Å². The van der Waals surface area contributed by atoms with Crippen LogP contribution in [0.2, 0.25) is 0 Å². The summed E-state index contributed by atoms with van der Waals surface area (Å²) in [4.78, 5) is 18.4. The lowest BCUT2D eigenvalue weighted by Gasteiger charge is -2.28. The van der Waals surface area contributed by atoms with Crippen molar-refractivity contribution in [3.63, 3.8) is 0 Å². The van der Waals surface area contributed by atoms with E-state index in [-0.39, 0.29) is 5.41 Å². The zero-order valence-corrected chi connectivity index (χ0v) is 19.0. The quantitative estimate of drug-likeness (QED) is 0.248. The van der Waals surface area contributed by atoms with Gasteiger partial charge in [0.15, 0.2) is 0 Å². The van der Waals surface area contributed by atoms with Gasteiger partial charge in [0.05, 0.1) is 11.0 Å². The summed E-state index contributed by atoms with van der Waals surface area (Å²) in [5, 5.41) is 8.65. The van der Waals surface area contributed by atoms with Crippen molar-refractivity contribution in [2.45, 2.75) is 53.0 Å². The fourth-order valence-electron chi connectivity index (χ4n) is 3.80. The van der Waals surface area contributed by atoms with Gasteiger partial charge in [0, 0.05) is 25.6 Å². The van der Waals surface area contributed by atoms with E-state index >= 15 is 0 Å². The van der Waals surface area contributed by atoms with Crippen LogP contribution in [0.1, 0.15) is 51.4 Å². The molecule has 1 aromatic heterocycles. The largest absolute Gasteiger partial charge is 0.328 e. The molecule has 6 heteroatoms. The van der Waals surface area contributed by atoms with Crippen LogP contribution in [0.4, 0.5) is 0 Å². The average Bonchev–Trinajstić information content (AvgIpc) is 3.03. The van der Waals surface area contributed by atoms with Crippen molar-refractivity contribution in [3.8, 4) is 0 Å². The van der Waals surface area contributed by atoms with Gasteiger partial charge in [0.25, 0.3) is 5.91 Å². The smallest absolute Gasteiger partial charge is 0.267 e. The topological polar surface area (TPSA) is 70.4 Å². The second-order valence-electron chi connectivity index (χ2n) is 8.81. The number of hydrogen-bond donors (Lipinski definition) is 2. The first-order valence-corrected chi connectivity index (χ1v) is 10.7. The average molecular weight is 413 g/mol. The molecule has 6 nitrogen and oxygen atoms in total. The molecule has 2 aromatic rings. The highest BCUT2D eigenvalue weighted by Crippen LogP contribution is 2.26. The summed E-state index contributed by atoms with van der Waals surface area (Å²) in [7, 11) is 4.23. The SMILES string of the molecule is CC/C=C\CCc1nc2cc(/C=C/C(=O)NO)ccc2n1CCC(C)(C)CN(C)C. The molecule has 0 aliphatic carbocycles. The third-order valence-electron chi connectivity index (χ3n) is 5.08. The lowest BCUT2D eigenvalue weighted by molar-refractivity contribution is -0.124. The number of carbonyl (C=O) groups is 1. The maximum Gasteiger partial charge on any atom is 0.267 e. The number of aromatic nitrogens is 2. The minimum absolute atomic E-state index is 0.208. The van der Waals surface area contributed by atoms with E-state index in [1.165, 1.54) is 6.08 Å². The standard InChI is InChI=1S/C24H36N4O2/c1-6-7-8-9-10-22-25-20-17-19(12-14-23(29)26-30)11-13-21(20)28(22)16-15-24(2,3)18-27(4)5/h7-8,11-14,17,30H,6,9-10,15-16,18H2,1-5H3,(H,26,29)/b8-7-,14-12+. The molecule has 1 heterocycles. The Morgan fingerprint density at radius 1 is 1.30 bits per heavy atom. The highest BCUT2D eigenvalue weighted by molar-refractivity contribution is 5.91. The summed E-state index contributed by atoms with van der Waals surface area (Å²) < 4.78 is 2.35. The molecule has 2 rings (SSSR count). The number of hydrogen-bond acceptors (Lipinski definition) is 4. The molecule has 0 bridgehead atoms. The van der Waals surface area contributed by atoms with E-state index < -0.39 is 5.91 Å². The maximum atomic E-state index is 11.3. The van der Waals surface area contributed by atoms with Crippen LogP contribution in [0.15, 0.2) is 36.4 Å². The Hall–Kier alpha value is -2.44. The van der Waals surface area contributed by atoms with E-state index in [0.29, 0.717) is 0 Å². The molecule has 1 aromatic carbocycles. The van der Waals surface area contributed by atoms with Crippen LogP contribution in [-0.2, 0) is 17.8 Å². The Labute approximate surface area is 180 Å². The van der Waals surface area contributed by atoms with Crippen molar-refractivity contribution >= 4 is 23.0 Å². The molecule has 1 amide bonds. The molecule has 0 saturated heterocycles. The van der Waals surface area contributed by atoms with Crippen LogP contribution in [0.3, 0.4) is 0 Å². The summed E-state index contributed by atoms with van der Waals surface area (Å²) in [6, 6.07) is 6.04. The van der Waals surface area contributed by atoms with Gasteiger partial charge in [0.2, 0.25) is 0 Å². The van der Waals surface area contributed by atoms with Crippen molar-refractivity contribution in [1.29, 1.82) is 0 Å². The van der Waals surface area contributed by atoms with Crippen molar-refractivity contribution in [3.05, 3.63) is 47.8 Å². The van der Waals surface area contributed by atoms with Gasteiger partial charge < -0.3 is 9.47 Å². The molecular weight excluding hydrogens is 376 g/mol. The van der Waals surface area contributed by atoms with Crippen molar-refractivity contribution in [2.24, 2.45) is 5.41 Å². The highest BCUT2D eigenvalue weighted by Gasteiger charge is 2.20.